The van der Waals surface area contributed by atoms with Gasteiger partial charge in [0.25, 0.3) is 5.52 Å². The van der Waals surface area contributed by atoms with Crippen LogP contribution in [0, 0.1) is 6.92 Å². The second kappa shape index (κ2) is 3.88. The van der Waals surface area contributed by atoms with Gasteiger partial charge in [-0.05, 0) is 40.8 Å². The zero-order valence-corrected chi connectivity index (χ0v) is 13.5. The SMILES string of the molecule is Cc1ccc2cccc3c2c1c1c2c(o[n+]1C)c1ccccc1n32. The molecule has 0 radical (unpaired) electrons. The van der Waals surface area contributed by atoms with Crippen LogP contribution in [0.5, 0.6) is 0 Å². The van der Waals surface area contributed by atoms with Gasteiger partial charge in [-0.3, -0.25) is 4.40 Å². The molecule has 24 heavy (non-hydrogen) atoms. The Morgan fingerprint density at radius 1 is 0.875 bits per heavy atom. The first-order valence-corrected chi connectivity index (χ1v) is 8.21. The monoisotopic (exact) mass is 311 g/mol. The molecule has 0 bridgehead atoms. The second-order valence-electron chi connectivity index (χ2n) is 6.60. The third kappa shape index (κ3) is 1.21. The Bertz CT molecular complexity index is 1420. The van der Waals surface area contributed by atoms with Crippen molar-refractivity contribution in [2.45, 2.75) is 6.92 Å². The molecule has 3 heterocycles. The van der Waals surface area contributed by atoms with E-state index in [0.29, 0.717) is 0 Å². The molecule has 3 heteroatoms. The smallest absolute Gasteiger partial charge is 0.287 e. The van der Waals surface area contributed by atoms with Gasteiger partial charge in [0.1, 0.15) is 0 Å². The van der Waals surface area contributed by atoms with Crippen molar-refractivity contribution < 1.29 is 9.26 Å². The maximum absolute atomic E-state index is 6.18. The molecule has 114 valence electrons. The van der Waals surface area contributed by atoms with Crippen LogP contribution in [0.2, 0.25) is 0 Å². The quantitative estimate of drug-likeness (QED) is 0.372. The van der Waals surface area contributed by atoms with Gasteiger partial charge in [-0.15, -0.1) is 0 Å². The van der Waals surface area contributed by atoms with Gasteiger partial charge >= 0.3 is 0 Å². The van der Waals surface area contributed by atoms with E-state index in [1.54, 1.807) is 0 Å². The molecule has 3 nitrogen and oxygen atoms in total. The average molecular weight is 311 g/mol. The number of rotatable bonds is 0. The van der Waals surface area contributed by atoms with E-state index in [9.17, 15) is 0 Å². The summed E-state index contributed by atoms with van der Waals surface area (Å²) in [6.07, 6.45) is 0. The van der Waals surface area contributed by atoms with Gasteiger partial charge < -0.3 is 0 Å². The molecule has 0 saturated carbocycles. The number of pyridine rings is 1. The number of hydrogen-bond donors (Lipinski definition) is 0. The molecule has 0 unspecified atom stereocenters. The lowest BCUT2D eigenvalue weighted by Crippen LogP contribution is -2.25. The maximum Gasteiger partial charge on any atom is 0.287 e. The summed E-state index contributed by atoms with van der Waals surface area (Å²) < 4.78 is 10.5. The molecule has 0 N–H and O–H groups in total. The summed E-state index contributed by atoms with van der Waals surface area (Å²) in [5.74, 6) is 0. The Morgan fingerprint density at radius 2 is 1.71 bits per heavy atom. The van der Waals surface area contributed by atoms with Gasteiger partial charge in [0.2, 0.25) is 5.58 Å². The lowest BCUT2D eigenvalue weighted by molar-refractivity contribution is -0.820. The van der Waals surface area contributed by atoms with E-state index in [1.807, 2.05) is 11.8 Å². The van der Waals surface area contributed by atoms with E-state index in [4.69, 9.17) is 4.52 Å². The fourth-order valence-corrected chi connectivity index (χ4v) is 4.33. The molecule has 6 rings (SSSR count). The molecule has 6 aromatic rings. The molecule has 3 aromatic heterocycles. The zero-order valence-electron chi connectivity index (χ0n) is 13.5. The predicted octanol–water partition coefficient (Wildman–Crippen LogP) is 4.72. The van der Waals surface area contributed by atoms with Gasteiger partial charge in [0, 0.05) is 5.39 Å². The van der Waals surface area contributed by atoms with Gasteiger partial charge in [0.05, 0.1) is 21.8 Å². The lowest BCUT2D eigenvalue weighted by Gasteiger charge is -2.10. The number of nitrogens with zero attached hydrogens (tertiary/aromatic N) is 2. The maximum atomic E-state index is 6.18. The van der Waals surface area contributed by atoms with E-state index in [0.717, 1.165) is 11.0 Å². The van der Waals surface area contributed by atoms with Crippen molar-refractivity contribution in [1.29, 1.82) is 0 Å². The summed E-state index contributed by atoms with van der Waals surface area (Å²) >= 11 is 0. The van der Waals surface area contributed by atoms with E-state index >= 15 is 0 Å². The number of hydrogen-bond acceptors (Lipinski definition) is 1. The highest BCUT2D eigenvalue weighted by Gasteiger charge is 2.28. The first kappa shape index (κ1) is 12.4. The third-order valence-corrected chi connectivity index (χ3v) is 5.31. The van der Waals surface area contributed by atoms with Crippen LogP contribution in [-0.4, -0.2) is 4.40 Å². The highest BCUT2D eigenvalue weighted by atomic mass is 16.5. The molecular weight excluding hydrogens is 296 g/mol. The molecule has 3 aromatic carbocycles. The molecule has 0 aliphatic heterocycles. The van der Waals surface area contributed by atoms with E-state index in [2.05, 4.69) is 65.9 Å². The largest absolute Gasteiger partial charge is 0.300 e. The standard InChI is InChI=1S/C21H15N2O/c1-12-10-11-13-6-5-9-16-18(13)17(12)19-20-21(24-22(19)2)14-7-3-4-8-15(14)23(16)20/h3-11H,1-2H3/q+1. The van der Waals surface area contributed by atoms with Crippen LogP contribution in [0.4, 0.5) is 0 Å². The Morgan fingerprint density at radius 3 is 2.62 bits per heavy atom. The van der Waals surface area contributed by atoms with Crippen molar-refractivity contribution in [3.8, 4) is 0 Å². The summed E-state index contributed by atoms with van der Waals surface area (Å²) in [7, 11) is 2.00. The highest BCUT2D eigenvalue weighted by molar-refractivity contribution is 6.24. The summed E-state index contributed by atoms with van der Waals surface area (Å²) in [5, 5.41) is 5.03. The first-order valence-electron chi connectivity index (χ1n) is 8.21. The minimum atomic E-state index is 0.967. The summed E-state index contributed by atoms with van der Waals surface area (Å²) in [6.45, 7) is 2.18. The topological polar surface area (TPSA) is 21.4 Å². The first-order chi connectivity index (χ1) is 11.8. The van der Waals surface area contributed by atoms with Crippen LogP contribution in [-0.2, 0) is 7.05 Å². The lowest BCUT2D eigenvalue weighted by atomic mass is 9.99. The molecule has 0 amide bonds. The molecule has 0 saturated heterocycles. The highest BCUT2D eigenvalue weighted by Crippen LogP contribution is 2.40. The third-order valence-electron chi connectivity index (χ3n) is 5.31. The van der Waals surface area contributed by atoms with Crippen molar-refractivity contribution in [3.05, 3.63) is 60.2 Å². The number of para-hydroxylation sites is 1. The summed E-state index contributed by atoms with van der Waals surface area (Å²) in [4.78, 5) is 0. The Kier molecular flexibility index (Phi) is 2.00. The van der Waals surface area contributed by atoms with Gasteiger partial charge in [-0.1, -0.05) is 36.4 Å². The molecule has 0 atom stereocenters. The Labute approximate surface area is 137 Å². The van der Waals surface area contributed by atoms with Crippen molar-refractivity contribution >= 4 is 49.2 Å². The van der Waals surface area contributed by atoms with Crippen molar-refractivity contribution in [3.63, 3.8) is 0 Å². The summed E-state index contributed by atoms with van der Waals surface area (Å²) in [5.41, 5.74) is 7.04. The summed E-state index contributed by atoms with van der Waals surface area (Å²) in [6, 6.07) is 19.5. The molecule has 0 aliphatic rings. The normalized spacial score (nSPS) is 12.6. The predicted molar refractivity (Wildman–Crippen MR) is 96.8 cm³/mol. The number of aromatic nitrogens is 2. The zero-order chi connectivity index (χ0) is 16.0. The molecule has 0 spiro atoms. The minimum absolute atomic E-state index is 0.967. The number of fused-ring (bicyclic) bond motifs is 5. The Balaban J connectivity index is 2.17. The average Bonchev–Trinajstić information content (AvgIpc) is 3.10. The van der Waals surface area contributed by atoms with Gasteiger partial charge in [0.15, 0.2) is 12.6 Å². The molecule has 0 fully saturated rings. The van der Waals surface area contributed by atoms with Gasteiger partial charge in [-0.25, -0.2) is 4.52 Å². The van der Waals surface area contributed by atoms with E-state index in [1.165, 1.54) is 43.8 Å². The van der Waals surface area contributed by atoms with Crippen molar-refractivity contribution in [2.75, 3.05) is 0 Å². The van der Waals surface area contributed by atoms with E-state index in [-0.39, 0.29) is 0 Å². The number of aryl methyl sites for hydroxylation is 2. The number of benzene rings is 3. The van der Waals surface area contributed by atoms with Crippen LogP contribution >= 0.6 is 0 Å². The van der Waals surface area contributed by atoms with Crippen LogP contribution < -0.4 is 4.74 Å². The molecular formula is C21H15N2O+. The fourth-order valence-electron chi connectivity index (χ4n) is 4.33. The minimum Gasteiger partial charge on any atom is -0.300 e. The van der Waals surface area contributed by atoms with Crippen LogP contribution in [0.25, 0.3) is 49.2 Å². The second-order valence-corrected chi connectivity index (χ2v) is 6.60. The van der Waals surface area contributed by atoms with Crippen LogP contribution in [0.15, 0.2) is 59.1 Å². The van der Waals surface area contributed by atoms with Crippen molar-refractivity contribution in [1.82, 2.24) is 4.40 Å². The van der Waals surface area contributed by atoms with Gasteiger partial charge in [-0.2, -0.15) is 0 Å². The van der Waals surface area contributed by atoms with Crippen LogP contribution in [0.3, 0.4) is 0 Å². The van der Waals surface area contributed by atoms with Crippen LogP contribution in [0.1, 0.15) is 5.56 Å². The van der Waals surface area contributed by atoms with E-state index < -0.39 is 0 Å². The molecule has 0 aliphatic carbocycles. The van der Waals surface area contributed by atoms with Crippen molar-refractivity contribution in [2.24, 2.45) is 7.05 Å². The fraction of sp³-hybridized carbons (Fsp3) is 0.0952. The Hall–Kier alpha value is -3.07.